The molecule has 176 valence electrons. The highest BCUT2D eigenvalue weighted by atomic mass is 19.1. The summed E-state index contributed by atoms with van der Waals surface area (Å²) in [6.45, 7) is 1.37. The Morgan fingerprint density at radius 1 is 0.943 bits per heavy atom. The number of nitrogens with zero attached hydrogens (tertiary/aromatic N) is 2. The zero-order chi connectivity index (χ0) is 24.6. The number of benzene rings is 2. The molecule has 4 aromatic rings. The van der Waals surface area contributed by atoms with Gasteiger partial charge in [0, 0.05) is 31.3 Å². The number of carbonyl (C=O) groups is 2. The third-order valence-electron chi connectivity index (χ3n) is 5.06. The van der Waals surface area contributed by atoms with Gasteiger partial charge in [0.15, 0.2) is 0 Å². The number of hydrogen-bond donors (Lipinski definition) is 2. The van der Waals surface area contributed by atoms with E-state index in [9.17, 15) is 14.0 Å². The third kappa shape index (κ3) is 6.70. The van der Waals surface area contributed by atoms with Gasteiger partial charge in [-0.3, -0.25) is 14.6 Å². The number of halogens is 1. The Bertz CT molecular complexity index is 1300. The maximum atomic E-state index is 13.1. The Kier molecular flexibility index (Phi) is 7.42. The van der Waals surface area contributed by atoms with Crippen LogP contribution in [0, 0.1) is 5.82 Å². The second-order valence-electron chi connectivity index (χ2n) is 7.80. The average molecular weight is 471 g/mol. The SMILES string of the molecule is CC(=O)NC(Cc1cccnc1)C(=O)Nc1cccc(-c2ccc(Oc3ccc(F)cc3)cc2)n1. The normalized spacial score (nSPS) is 11.4. The van der Waals surface area contributed by atoms with Gasteiger partial charge in [-0.25, -0.2) is 9.37 Å². The lowest BCUT2D eigenvalue weighted by atomic mass is 10.1. The molecule has 2 amide bonds. The molecule has 2 aromatic heterocycles. The molecule has 0 saturated heterocycles. The monoisotopic (exact) mass is 470 g/mol. The van der Waals surface area contributed by atoms with E-state index in [-0.39, 0.29) is 17.6 Å². The first-order valence-corrected chi connectivity index (χ1v) is 10.9. The van der Waals surface area contributed by atoms with E-state index in [2.05, 4.69) is 20.6 Å². The van der Waals surface area contributed by atoms with Crippen LogP contribution in [0.15, 0.2) is 91.3 Å². The molecule has 0 fully saturated rings. The molecule has 0 aliphatic rings. The Morgan fingerprint density at radius 3 is 2.31 bits per heavy atom. The van der Waals surface area contributed by atoms with E-state index in [1.807, 2.05) is 24.3 Å². The highest BCUT2D eigenvalue weighted by Gasteiger charge is 2.21. The van der Waals surface area contributed by atoms with E-state index < -0.39 is 6.04 Å². The van der Waals surface area contributed by atoms with Crippen LogP contribution in [-0.4, -0.2) is 27.8 Å². The smallest absolute Gasteiger partial charge is 0.248 e. The van der Waals surface area contributed by atoms with E-state index in [4.69, 9.17) is 4.74 Å². The van der Waals surface area contributed by atoms with Gasteiger partial charge in [-0.05, 0) is 72.3 Å². The molecule has 0 aliphatic heterocycles. The summed E-state index contributed by atoms with van der Waals surface area (Å²) in [4.78, 5) is 33.2. The zero-order valence-electron chi connectivity index (χ0n) is 18.9. The van der Waals surface area contributed by atoms with Gasteiger partial charge in [0.05, 0.1) is 5.69 Å². The number of pyridine rings is 2. The van der Waals surface area contributed by atoms with Crippen molar-refractivity contribution >= 4 is 17.6 Å². The van der Waals surface area contributed by atoms with Crippen LogP contribution in [0.2, 0.25) is 0 Å². The Balaban J connectivity index is 1.45. The molecule has 0 aliphatic carbocycles. The molecule has 2 heterocycles. The highest BCUT2D eigenvalue weighted by molar-refractivity contribution is 5.96. The van der Waals surface area contributed by atoms with Crippen molar-refractivity contribution in [1.82, 2.24) is 15.3 Å². The molecule has 0 bridgehead atoms. The summed E-state index contributed by atoms with van der Waals surface area (Å²) in [6, 6.07) is 21.2. The molecular weight excluding hydrogens is 447 g/mol. The van der Waals surface area contributed by atoms with Crippen LogP contribution in [0.4, 0.5) is 10.2 Å². The summed E-state index contributed by atoms with van der Waals surface area (Å²) >= 11 is 0. The summed E-state index contributed by atoms with van der Waals surface area (Å²) < 4.78 is 18.8. The number of ether oxygens (including phenoxy) is 1. The third-order valence-corrected chi connectivity index (χ3v) is 5.06. The van der Waals surface area contributed by atoms with Gasteiger partial charge in [0.25, 0.3) is 0 Å². The first kappa shape index (κ1) is 23.6. The second-order valence-corrected chi connectivity index (χ2v) is 7.80. The lowest BCUT2D eigenvalue weighted by Gasteiger charge is -2.17. The van der Waals surface area contributed by atoms with E-state index in [0.29, 0.717) is 29.4 Å². The van der Waals surface area contributed by atoms with Crippen LogP contribution in [0.5, 0.6) is 11.5 Å². The Hall–Kier alpha value is -4.59. The average Bonchev–Trinajstić information content (AvgIpc) is 2.86. The van der Waals surface area contributed by atoms with Gasteiger partial charge >= 0.3 is 0 Å². The number of rotatable bonds is 8. The zero-order valence-corrected chi connectivity index (χ0v) is 18.9. The largest absolute Gasteiger partial charge is 0.457 e. The van der Waals surface area contributed by atoms with E-state index in [1.165, 1.54) is 19.1 Å². The maximum Gasteiger partial charge on any atom is 0.248 e. The van der Waals surface area contributed by atoms with Crippen molar-refractivity contribution in [3.63, 3.8) is 0 Å². The van der Waals surface area contributed by atoms with Crippen LogP contribution in [-0.2, 0) is 16.0 Å². The lowest BCUT2D eigenvalue weighted by molar-refractivity contribution is -0.125. The minimum absolute atomic E-state index is 0.300. The van der Waals surface area contributed by atoms with Crippen molar-refractivity contribution in [3.8, 4) is 22.8 Å². The minimum atomic E-state index is -0.773. The molecule has 1 unspecified atom stereocenters. The van der Waals surface area contributed by atoms with Crippen LogP contribution in [0.1, 0.15) is 12.5 Å². The fourth-order valence-corrected chi connectivity index (χ4v) is 3.42. The lowest BCUT2D eigenvalue weighted by Crippen LogP contribution is -2.44. The standard InChI is InChI=1S/C27H23FN4O3/c1-18(33)30-25(16-19-4-3-15-29-17-19)27(34)32-26-6-2-5-24(31-26)20-7-11-22(12-8-20)35-23-13-9-21(28)10-14-23/h2-15,17,25H,16H2,1H3,(H,30,33)(H,31,32,34). The fraction of sp³-hybridized carbons (Fsp3) is 0.111. The van der Waals surface area contributed by atoms with Crippen molar-refractivity contribution in [2.24, 2.45) is 0 Å². The number of hydrogen-bond acceptors (Lipinski definition) is 5. The van der Waals surface area contributed by atoms with Gasteiger partial charge in [-0.2, -0.15) is 0 Å². The maximum absolute atomic E-state index is 13.1. The number of amides is 2. The summed E-state index contributed by atoms with van der Waals surface area (Å²) in [5.74, 6) is 0.475. The van der Waals surface area contributed by atoms with Crippen LogP contribution < -0.4 is 15.4 Å². The summed E-state index contributed by atoms with van der Waals surface area (Å²) in [5.41, 5.74) is 2.30. The fourth-order valence-electron chi connectivity index (χ4n) is 3.42. The molecule has 7 nitrogen and oxygen atoms in total. The van der Waals surface area contributed by atoms with Gasteiger partial charge in [-0.15, -0.1) is 0 Å². The first-order chi connectivity index (χ1) is 17.0. The molecule has 4 rings (SSSR count). The molecule has 2 aromatic carbocycles. The predicted octanol–water partition coefficient (Wildman–Crippen LogP) is 4.76. The van der Waals surface area contributed by atoms with Gasteiger partial charge in [0.2, 0.25) is 11.8 Å². The second kappa shape index (κ2) is 11.0. The molecule has 1 atom stereocenters. The van der Waals surface area contributed by atoms with Crippen LogP contribution in [0.3, 0.4) is 0 Å². The summed E-state index contributed by atoms with van der Waals surface area (Å²) in [7, 11) is 0. The van der Waals surface area contributed by atoms with Crippen molar-refractivity contribution in [2.75, 3.05) is 5.32 Å². The Labute approximate surface area is 202 Å². The van der Waals surface area contributed by atoms with Gasteiger partial charge in [-0.1, -0.05) is 12.1 Å². The highest BCUT2D eigenvalue weighted by Crippen LogP contribution is 2.26. The van der Waals surface area contributed by atoms with E-state index >= 15 is 0 Å². The quantitative estimate of drug-likeness (QED) is 0.387. The van der Waals surface area contributed by atoms with E-state index in [0.717, 1.165) is 11.1 Å². The molecule has 35 heavy (non-hydrogen) atoms. The first-order valence-electron chi connectivity index (χ1n) is 10.9. The van der Waals surface area contributed by atoms with Crippen molar-refractivity contribution in [3.05, 3.63) is 103 Å². The van der Waals surface area contributed by atoms with Crippen molar-refractivity contribution in [1.29, 1.82) is 0 Å². The molecular formula is C27H23FN4O3. The number of nitrogens with one attached hydrogen (secondary N) is 2. The van der Waals surface area contributed by atoms with Crippen molar-refractivity contribution < 1.29 is 18.7 Å². The van der Waals surface area contributed by atoms with Crippen molar-refractivity contribution in [2.45, 2.75) is 19.4 Å². The van der Waals surface area contributed by atoms with Crippen LogP contribution in [0.25, 0.3) is 11.3 Å². The summed E-state index contributed by atoms with van der Waals surface area (Å²) in [6.07, 6.45) is 3.60. The molecule has 0 spiro atoms. The van der Waals surface area contributed by atoms with Crippen LogP contribution >= 0.6 is 0 Å². The topological polar surface area (TPSA) is 93.2 Å². The number of aromatic nitrogens is 2. The number of anilines is 1. The molecule has 8 heteroatoms. The number of carbonyl (C=O) groups excluding carboxylic acids is 2. The molecule has 0 radical (unpaired) electrons. The molecule has 2 N–H and O–H groups in total. The van der Waals surface area contributed by atoms with Gasteiger partial charge in [0.1, 0.15) is 29.2 Å². The predicted molar refractivity (Wildman–Crippen MR) is 130 cm³/mol. The molecule has 0 saturated carbocycles. The Morgan fingerprint density at radius 2 is 1.66 bits per heavy atom. The minimum Gasteiger partial charge on any atom is -0.457 e. The van der Waals surface area contributed by atoms with E-state index in [1.54, 1.807) is 54.9 Å². The van der Waals surface area contributed by atoms with Gasteiger partial charge < -0.3 is 15.4 Å². The summed E-state index contributed by atoms with van der Waals surface area (Å²) in [5, 5.41) is 5.47.